The van der Waals surface area contributed by atoms with Gasteiger partial charge in [-0.3, -0.25) is 4.99 Å². The van der Waals surface area contributed by atoms with E-state index < -0.39 is 0 Å². The Hall–Kier alpha value is -0.850. The molecule has 0 atom stereocenters. The fourth-order valence-corrected chi connectivity index (χ4v) is 0.841. The molecule has 1 rings (SSSR count). The first kappa shape index (κ1) is 6.27. The summed E-state index contributed by atoms with van der Waals surface area (Å²) >= 11 is 0. The molecule has 1 aliphatic rings. The van der Waals surface area contributed by atoms with E-state index in [-0.39, 0.29) is 0 Å². The SMILES string of the molecule is C=C(C)C1=CC=NCC1. The van der Waals surface area contributed by atoms with Gasteiger partial charge >= 0.3 is 0 Å². The van der Waals surface area contributed by atoms with Crippen LogP contribution in [0.4, 0.5) is 0 Å². The summed E-state index contributed by atoms with van der Waals surface area (Å²) < 4.78 is 0. The highest BCUT2D eigenvalue weighted by atomic mass is 14.7. The number of nitrogens with zero attached hydrogens (tertiary/aromatic N) is 1. The minimum absolute atomic E-state index is 0.929. The van der Waals surface area contributed by atoms with Crippen molar-refractivity contribution in [2.45, 2.75) is 13.3 Å². The second-order valence-corrected chi connectivity index (χ2v) is 2.28. The normalized spacial score (nSPS) is 17.2. The second-order valence-electron chi connectivity index (χ2n) is 2.28. The Bertz CT molecular complexity index is 175. The van der Waals surface area contributed by atoms with Gasteiger partial charge in [-0.15, -0.1) is 0 Å². The van der Waals surface area contributed by atoms with Crippen molar-refractivity contribution in [1.29, 1.82) is 0 Å². The topological polar surface area (TPSA) is 12.4 Å². The maximum Gasteiger partial charge on any atom is 0.0429 e. The fourth-order valence-electron chi connectivity index (χ4n) is 0.841. The second kappa shape index (κ2) is 2.62. The van der Waals surface area contributed by atoms with Gasteiger partial charge in [0, 0.05) is 12.8 Å². The highest BCUT2D eigenvalue weighted by molar-refractivity contribution is 5.74. The highest BCUT2D eigenvalue weighted by Crippen LogP contribution is 2.12. The number of aliphatic imine (C=N–C) groups is 1. The number of rotatable bonds is 1. The molecule has 0 radical (unpaired) electrons. The van der Waals surface area contributed by atoms with Gasteiger partial charge in [-0.25, -0.2) is 0 Å². The summed E-state index contributed by atoms with van der Waals surface area (Å²) in [6.45, 7) is 6.81. The van der Waals surface area contributed by atoms with Gasteiger partial charge < -0.3 is 0 Å². The molecule has 0 aliphatic carbocycles. The lowest BCUT2D eigenvalue weighted by Gasteiger charge is -2.06. The molecule has 0 N–H and O–H groups in total. The van der Waals surface area contributed by atoms with Crippen LogP contribution in [-0.4, -0.2) is 12.8 Å². The van der Waals surface area contributed by atoms with Crippen LogP contribution >= 0.6 is 0 Å². The molecule has 0 amide bonds. The van der Waals surface area contributed by atoms with Crippen LogP contribution in [0.5, 0.6) is 0 Å². The molecule has 0 spiro atoms. The van der Waals surface area contributed by atoms with Gasteiger partial charge in [0.15, 0.2) is 0 Å². The first-order valence-electron chi connectivity index (χ1n) is 3.15. The first-order valence-corrected chi connectivity index (χ1v) is 3.15. The van der Waals surface area contributed by atoms with E-state index in [2.05, 4.69) is 11.6 Å². The number of dihydropyridines is 1. The third-order valence-corrected chi connectivity index (χ3v) is 1.44. The van der Waals surface area contributed by atoms with E-state index in [0.29, 0.717) is 0 Å². The molecule has 0 saturated heterocycles. The lowest BCUT2D eigenvalue weighted by Crippen LogP contribution is -1.94. The van der Waals surface area contributed by atoms with Gasteiger partial charge in [0.1, 0.15) is 0 Å². The van der Waals surface area contributed by atoms with Crippen LogP contribution in [0.15, 0.2) is 28.8 Å². The average Bonchev–Trinajstić information content (AvgIpc) is 1.90. The van der Waals surface area contributed by atoms with Crippen molar-refractivity contribution >= 4 is 6.21 Å². The van der Waals surface area contributed by atoms with E-state index in [1.54, 1.807) is 0 Å². The van der Waals surface area contributed by atoms with Crippen molar-refractivity contribution in [1.82, 2.24) is 0 Å². The van der Waals surface area contributed by atoms with Crippen LogP contribution in [0.2, 0.25) is 0 Å². The predicted molar refractivity (Wildman–Crippen MR) is 40.9 cm³/mol. The summed E-state index contributed by atoms with van der Waals surface area (Å²) in [6, 6.07) is 0. The molecule has 1 aliphatic heterocycles. The van der Waals surface area contributed by atoms with Gasteiger partial charge in [0.05, 0.1) is 0 Å². The Morgan fingerprint density at radius 1 is 1.78 bits per heavy atom. The summed E-state index contributed by atoms with van der Waals surface area (Å²) in [4.78, 5) is 4.07. The molecule has 0 fully saturated rings. The molecule has 1 nitrogen and oxygen atoms in total. The average molecular weight is 121 g/mol. The van der Waals surface area contributed by atoms with Crippen molar-refractivity contribution in [2.75, 3.05) is 6.54 Å². The van der Waals surface area contributed by atoms with E-state index in [4.69, 9.17) is 0 Å². The summed E-state index contributed by atoms with van der Waals surface area (Å²) in [6.07, 6.45) is 4.95. The van der Waals surface area contributed by atoms with Crippen molar-refractivity contribution in [3.05, 3.63) is 23.8 Å². The van der Waals surface area contributed by atoms with E-state index in [1.807, 2.05) is 19.2 Å². The zero-order valence-electron chi connectivity index (χ0n) is 5.72. The Labute approximate surface area is 55.8 Å². The van der Waals surface area contributed by atoms with Crippen molar-refractivity contribution in [3.8, 4) is 0 Å². The molecule has 0 aromatic heterocycles. The van der Waals surface area contributed by atoms with E-state index in [9.17, 15) is 0 Å². The lowest BCUT2D eigenvalue weighted by atomic mass is 10.0. The third-order valence-electron chi connectivity index (χ3n) is 1.44. The van der Waals surface area contributed by atoms with Crippen molar-refractivity contribution < 1.29 is 0 Å². The molecule has 1 heteroatoms. The Morgan fingerprint density at radius 2 is 2.56 bits per heavy atom. The standard InChI is InChI=1S/C8H11N/c1-7(2)8-3-5-9-6-4-8/h3,5H,1,4,6H2,2H3. The van der Waals surface area contributed by atoms with Crippen LogP contribution in [0.3, 0.4) is 0 Å². The lowest BCUT2D eigenvalue weighted by molar-refractivity contribution is 0.950. The van der Waals surface area contributed by atoms with Gasteiger partial charge in [0.2, 0.25) is 0 Å². The zero-order chi connectivity index (χ0) is 6.69. The van der Waals surface area contributed by atoms with Crippen LogP contribution in [0, 0.1) is 0 Å². The van der Waals surface area contributed by atoms with Gasteiger partial charge in [-0.2, -0.15) is 0 Å². The maximum atomic E-state index is 4.07. The maximum absolute atomic E-state index is 4.07. The van der Waals surface area contributed by atoms with E-state index in [1.165, 1.54) is 11.1 Å². The fraction of sp³-hybridized carbons (Fsp3) is 0.375. The third kappa shape index (κ3) is 1.53. The molecule has 9 heavy (non-hydrogen) atoms. The van der Waals surface area contributed by atoms with E-state index in [0.717, 1.165) is 13.0 Å². The number of hydrogen-bond donors (Lipinski definition) is 0. The van der Waals surface area contributed by atoms with Crippen molar-refractivity contribution in [2.24, 2.45) is 4.99 Å². The Kier molecular flexibility index (Phi) is 1.83. The summed E-state index contributed by atoms with van der Waals surface area (Å²) in [5.74, 6) is 0. The predicted octanol–water partition coefficient (Wildman–Crippen LogP) is 1.96. The smallest absolute Gasteiger partial charge is 0.0429 e. The van der Waals surface area contributed by atoms with Gasteiger partial charge in [-0.1, -0.05) is 12.2 Å². The van der Waals surface area contributed by atoms with Crippen LogP contribution < -0.4 is 0 Å². The van der Waals surface area contributed by atoms with Gasteiger partial charge in [-0.05, 0) is 25.0 Å². The zero-order valence-corrected chi connectivity index (χ0v) is 5.72. The summed E-state index contributed by atoms with van der Waals surface area (Å²) in [5, 5.41) is 0. The first-order chi connectivity index (χ1) is 4.30. The van der Waals surface area contributed by atoms with Crippen LogP contribution in [0.1, 0.15) is 13.3 Å². The van der Waals surface area contributed by atoms with Gasteiger partial charge in [0.25, 0.3) is 0 Å². The molecule has 48 valence electrons. The minimum atomic E-state index is 0.929. The molecule has 0 aromatic rings. The van der Waals surface area contributed by atoms with E-state index >= 15 is 0 Å². The Balaban J connectivity index is 2.68. The largest absolute Gasteiger partial charge is 0.293 e. The van der Waals surface area contributed by atoms with Crippen LogP contribution in [-0.2, 0) is 0 Å². The van der Waals surface area contributed by atoms with Crippen LogP contribution in [0.25, 0.3) is 0 Å². The minimum Gasteiger partial charge on any atom is -0.293 e. The quantitative estimate of drug-likeness (QED) is 0.503. The molecular weight excluding hydrogens is 110 g/mol. The van der Waals surface area contributed by atoms with Crippen molar-refractivity contribution in [3.63, 3.8) is 0 Å². The molecule has 0 aromatic carbocycles. The number of allylic oxidation sites excluding steroid dienone is 2. The molecule has 0 bridgehead atoms. The molecule has 1 heterocycles. The molecule has 0 unspecified atom stereocenters. The Morgan fingerprint density at radius 3 is 2.89 bits per heavy atom. The monoisotopic (exact) mass is 121 g/mol. The number of hydrogen-bond acceptors (Lipinski definition) is 1. The highest BCUT2D eigenvalue weighted by Gasteiger charge is 1.98. The molecule has 0 saturated carbocycles. The summed E-state index contributed by atoms with van der Waals surface area (Å²) in [7, 11) is 0. The summed E-state index contributed by atoms with van der Waals surface area (Å²) in [5.41, 5.74) is 2.51. The molecular formula is C8H11N.